The summed E-state index contributed by atoms with van der Waals surface area (Å²) >= 11 is 5.11. The normalized spacial score (nSPS) is 11.6. The molecule has 1 nitrogen and oxygen atoms in total. The van der Waals surface area contributed by atoms with Crippen molar-refractivity contribution in [3.8, 4) is 0 Å². The minimum Gasteiger partial charge on any atom is -0.289 e. The van der Waals surface area contributed by atoms with Gasteiger partial charge in [-0.3, -0.25) is 4.79 Å². The molecule has 96 valence electrons. The fourth-order valence-corrected chi connectivity index (χ4v) is 3.60. The number of hydrogen-bond donors (Lipinski definition) is 0. The first kappa shape index (κ1) is 12.8. The predicted octanol–water partition coefficient (Wildman–Crippen LogP) is 5.30. The van der Waals surface area contributed by atoms with E-state index in [0.29, 0.717) is 5.92 Å². The molecule has 0 aliphatic rings. The standard InChI is InChI=1S/C16H13BrOS/c1-9(2)10-3-5-14-12(7-10)16(18)13-8-11(17)4-6-15(13)19-14/h3-9H,1-2H3. The molecular weight excluding hydrogens is 320 g/mol. The van der Waals surface area contributed by atoms with Crippen molar-refractivity contribution in [1.29, 1.82) is 0 Å². The smallest absolute Gasteiger partial charge is 0.195 e. The van der Waals surface area contributed by atoms with Crippen LogP contribution < -0.4 is 5.43 Å². The molecule has 0 N–H and O–H groups in total. The average Bonchev–Trinajstić information content (AvgIpc) is 2.39. The average molecular weight is 333 g/mol. The van der Waals surface area contributed by atoms with E-state index in [9.17, 15) is 4.79 Å². The molecule has 0 radical (unpaired) electrons. The van der Waals surface area contributed by atoms with Crippen LogP contribution in [0.25, 0.3) is 20.2 Å². The highest BCUT2D eigenvalue weighted by Crippen LogP contribution is 2.28. The van der Waals surface area contributed by atoms with Gasteiger partial charge < -0.3 is 0 Å². The molecule has 0 fully saturated rings. The van der Waals surface area contributed by atoms with Gasteiger partial charge in [-0.25, -0.2) is 0 Å². The van der Waals surface area contributed by atoms with Crippen molar-refractivity contribution in [3.63, 3.8) is 0 Å². The van der Waals surface area contributed by atoms with Crippen molar-refractivity contribution in [2.45, 2.75) is 19.8 Å². The molecule has 2 aromatic carbocycles. The van der Waals surface area contributed by atoms with Crippen LogP contribution in [0, 0.1) is 0 Å². The predicted molar refractivity (Wildman–Crippen MR) is 87.4 cm³/mol. The molecular formula is C16H13BrOS. The number of fused-ring (bicyclic) bond motifs is 2. The van der Waals surface area contributed by atoms with E-state index in [1.54, 1.807) is 11.3 Å². The molecule has 3 aromatic rings. The summed E-state index contributed by atoms with van der Waals surface area (Å²) in [6.45, 7) is 4.29. The quantitative estimate of drug-likeness (QED) is 0.552. The van der Waals surface area contributed by atoms with Crippen molar-refractivity contribution in [3.05, 3.63) is 56.7 Å². The second kappa shape index (κ2) is 4.73. The molecule has 19 heavy (non-hydrogen) atoms. The van der Waals surface area contributed by atoms with E-state index >= 15 is 0 Å². The number of rotatable bonds is 1. The summed E-state index contributed by atoms with van der Waals surface area (Å²) in [6.07, 6.45) is 0. The second-order valence-electron chi connectivity index (χ2n) is 4.98. The summed E-state index contributed by atoms with van der Waals surface area (Å²) < 4.78 is 3.05. The number of benzene rings is 2. The third-order valence-corrected chi connectivity index (χ3v) is 4.97. The Labute approximate surface area is 124 Å². The maximum atomic E-state index is 12.6. The van der Waals surface area contributed by atoms with Crippen LogP contribution in [0.4, 0.5) is 0 Å². The van der Waals surface area contributed by atoms with E-state index in [2.05, 4.69) is 41.9 Å². The molecule has 0 aliphatic carbocycles. The fourth-order valence-electron chi connectivity index (χ4n) is 2.21. The van der Waals surface area contributed by atoms with Crippen molar-refractivity contribution >= 4 is 47.4 Å². The van der Waals surface area contributed by atoms with Gasteiger partial charge in [-0.2, -0.15) is 0 Å². The van der Waals surface area contributed by atoms with Crippen LogP contribution >= 0.6 is 27.3 Å². The summed E-state index contributed by atoms with van der Waals surface area (Å²) in [4.78, 5) is 12.6. The van der Waals surface area contributed by atoms with Gasteiger partial charge in [0.2, 0.25) is 0 Å². The van der Waals surface area contributed by atoms with E-state index in [1.165, 1.54) is 5.56 Å². The first-order valence-electron chi connectivity index (χ1n) is 6.22. The first-order chi connectivity index (χ1) is 9.06. The molecule has 1 heterocycles. The van der Waals surface area contributed by atoms with Crippen molar-refractivity contribution < 1.29 is 0 Å². The van der Waals surface area contributed by atoms with Crippen molar-refractivity contribution in [1.82, 2.24) is 0 Å². The first-order valence-corrected chi connectivity index (χ1v) is 7.83. The molecule has 3 heteroatoms. The van der Waals surface area contributed by atoms with Crippen LogP contribution in [-0.2, 0) is 0 Å². The molecule has 0 bridgehead atoms. The van der Waals surface area contributed by atoms with E-state index < -0.39 is 0 Å². The highest BCUT2D eigenvalue weighted by molar-refractivity contribution is 9.10. The largest absolute Gasteiger partial charge is 0.289 e. The van der Waals surface area contributed by atoms with Gasteiger partial charge in [-0.15, -0.1) is 11.3 Å². The molecule has 0 atom stereocenters. The third kappa shape index (κ3) is 2.21. The van der Waals surface area contributed by atoms with Crippen LogP contribution in [0.5, 0.6) is 0 Å². The van der Waals surface area contributed by atoms with Gasteiger partial charge in [-0.05, 0) is 41.8 Å². The van der Waals surface area contributed by atoms with E-state index in [1.807, 2.05) is 24.3 Å². The Balaban J connectivity index is 2.45. The SMILES string of the molecule is CC(C)c1ccc2sc3ccc(Br)cc3c(=O)c2c1. The zero-order chi connectivity index (χ0) is 13.6. The number of hydrogen-bond acceptors (Lipinski definition) is 2. The van der Waals surface area contributed by atoms with Crippen LogP contribution in [0.1, 0.15) is 25.3 Å². The Bertz CT molecular complexity index is 833. The van der Waals surface area contributed by atoms with Crippen molar-refractivity contribution in [2.75, 3.05) is 0 Å². The van der Waals surface area contributed by atoms with E-state index in [4.69, 9.17) is 0 Å². The molecule has 0 saturated carbocycles. The zero-order valence-corrected chi connectivity index (χ0v) is 13.1. The van der Waals surface area contributed by atoms with Gasteiger partial charge in [0.05, 0.1) is 0 Å². The van der Waals surface area contributed by atoms with E-state index in [-0.39, 0.29) is 5.43 Å². The van der Waals surface area contributed by atoms with Gasteiger partial charge in [-0.1, -0.05) is 35.8 Å². The lowest BCUT2D eigenvalue weighted by molar-refractivity contribution is 0.869. The molecule has 0 spiro atoms. The molecule has 0 amide bonds. The van der Waals surface area contributed by atoms with E-state index in [0.717, 1.165) is 24.6 Å². The summed E-state index contributed by atoms with van der Waals surface area (Å²) in [7, 11) is 0. The van der Waals surface area contributed by atoms with Crippen LogP contribution in [-0.4, -0.2) is 0 Å². The Morgan fingerprint density at radius 3 is 2.32 bits per heavy atom. The Morgan fingerprint density at radius 2 is 1.63 bits per heavy atom. The topological polar surface area (TPSA) is 17.1 Å². The monoisotopic (exact) mass is 332 g/mol. The Morgan fingerprint density at radius 1 is 1.00 bits per heavy atom. The van der Waals surface area contributed by atoms with Gasteiger partial charge >= 0.3 is 0 Å². The van der Waals surface area contributed by atoms with Gasteiger partial charge in [0, 0.05) is 24.6 Å². The summed E-state index contributed by atoms with van der Waals surface area (Å²) in [5.41, 5.74) is 1.35. The Kier molecular flexibility index (Phi) is 3.19. The van der Waals surface area contributed by atoms with Crippen molar-refractivity contribution in [2.24, 2.45) is 0 Å². The lowest BCUT2D eigenvalue weighted by Gasteiger charge is -2.07. The maximum Gasteiger partial charge on any atom is 0.195 e. The van der Waals surface area contributed by atoms with Crippen LogP contribution in [0.2, 0.25) is 0 Å². The molecule has 0 saturated heterocycles. The minimum absolute atomic E-state index is 0.132. The highest BCUT2D eigenvalue weighted by atomic mass is 79.9. The number of halogens is 1. The van der Waals surface area contributed by atoms with Gasteiger partial charge in [0.1, 0.15) is 0 Å². The lowest BCUT2D eigenvalue weighted by Crippen LogP contribution is -2.02. The fraction of sp³-hybridized carbons (Fsp3) is 0.188. The maximum absolute atomic E-state index is 12.6. The molecule has 3 rings (SSSR count). The third-order valence-electron chi connectivity index (χ3n) is 3.32. The summed E-state index contributed by atoms with van der Waals surface area (Å²) in [5.74, 6) is 0.437. The van der Waals surface area contributed by atoms with Crippen LogP contribution in [0.3, 0.4) is 0 Å². The Hall–Kier alpha value is -1.19. The highest BCUT2D eigenvalue weighted by Gasteiger charge is 2.08. The molecule has 0 aliphatic heterocycles. The molecule has 0 unspecified atom stereocenters. The zero-order valence-electron chi connectivity index (χ0n) is 10.7. The lowest BCUT2D eigenvalue weighted by atomic mass is 10.0. The van der Waals surface area contributed by atoms with Gasteiger partial charge in [0.25, 0.3) is 0 Å². The van der Waals surface area contributed by atoms with Crippen LogP contribution in [0.15, 0.2) is 45.7 Å². The summed E-state index contributed by atoms with van der Waals surface area (Å²) in [6, 6.07) is 12.1. The van der Waals surface area contributed by atoms with Gasteiger partial charge in [0.15, 0.2) is 5.43 Å². The molecule has 1 aromatic heterocycles. The second-order valence-corrected chi connectivity index (χ2v) is 6.98. The summed E-state index contributed by atoms with van der Waals surface area (Å²) in [5, 5.41) is 1.63. The minimum atomic E-state index is 0.132.